The van der Waals surface area contributed by atoms with Crippen LogP contribution < -0.4 is 0 Å². The number of nitrogens with zero attached hydrogens (tertiary/aromatic N) is 2. The van der Waals surface area contributed by atoms with E-state index in [1.807, 2.05) is 12.3 Å². The Labute approximate surface area is 226 Å². The molecular weight excluding hydrogens is 468 g/mol. The first-order valence-electron chi connectivity index (χ1n) is 14.6. The molecule has 1 spiro atoms. The molecular formula is C34H38N2O2. The van der Waals surface area contributed by atoms with Gasteiger partial charge in [-0.2, -0.15) is 0 Å². The highest BCUT2D eigenvalue weighted by molar-refractivity contribution is 5.68. The SMILES string of the molecule is C(=Cc1cc2c(cn1)C1(Cc3ccccn3)CCC3(CC1CCC2C1CCC1)OCCO3)c1ccccc1. The van der Waals surface area contributed by atoms with Gasteiger partial charge < -0.3 is 9.47 Å². The van der Waals surface area contributed by atoms with E-state index in [1.54, 1.807) is 5.56 Å². The van der Waals surface area contributed by atoms with Gasteiger partial charge >= 0.3 is 0 Å². The molecule has 3 heterocycles. The zero-order valence-corrected chi connectivity index (χ0v) is 22.2. The predicted molar refractivity (Wildman–Crippen MR) is 151 cm³/mol. The molecule has 1 aromatic carbocycles. The van der Waals surface area contributed by atoms with Gasteiger partial charge in [-0.05, 0) is 97.2 Å². The van der Waals surface area contributed by atoms with Crippen LogP contribution in [0.1, 0.15) is 85.4 Å². The number of benzene rings is 1. The van der Waals surface area contributed by atoms with Crippen LogP contribution in [0.5, 0.6) is 0 Å². The van der Waals surface area contributed by atoms with E-state index in [0.717, 1.165) is 50.5 Å². The third kappa shape index (κ3) is 4.42. The van der Waals surface area contributed by atoms with Crippen LogP contribution in [-0.2, 0) is 21.3 Å². The minimum atomic E-state index is -0.388. The molecule has 38 heavy (non-hydrogen) atoms. The van der Waals surface area contributed by atoms with Crippen molar-refractivity contribution in [1.82, 2.24) is 9.97 Å². The first-order chi connectivity index (χ1) is 18.7. The third-order valence-corrected chi connectivity index (χ3v) is 10.0. The van der Waals surface area contributed by atoms with Crippen molar-refractivity contribution in [2.24, 2.45) is 11.8 Å². The normalized spacial score (nSPS) is 28.5. The second-order valence-corrected chi connectivity index (χ2v) is 12.0. The molecule has 1 saturated heterocycles. The smallest absolute Gasteiger partial charge is 0.168 e. The van der Waals surface area contributed by atoms with Crippen molar-refractivity contribution < 1.29 is 9.47 Å². The molecule has 0 amide bonds. The van der Waals surface area contributed by atoms with Gasteiger partial charge in [0.2, 0.25) is 0 Å². The van der Waals surface area contributed by atoms with Crippen LogP contribution >= 0.6 is 0 Å². The third-order valence-electron chi connectivity index (χ3n) is 10.0. The molecule has 0 bridgehead atoms. The van der Waals surface area contributed by atoms with Gasteiger partial charge in [0.05, 0.1) is 18.9 Å². The highest BCUT2D eigenvalue weighted by Gasteiger charge is 2.55. The van der Waals surface area contributed by atoms with Crippen LogP contribution in [0.25, 0.3) is 12.2 Å². The molecule has 2 aromatic heterocycles. The molecule has 3 aliphatic carbocycles. The highest BCUT2D eigenvalue weighted by atomic mass is 16.7. The van der Waals surface area contributed by atoms with Crippen molar-refractivity contribution in [1.29, 1.82) is 0 Å². The van der Waals surface area contributed by atoms with E-state index < -0.39 is 0 Å². The van der Waals surface area contributed by atoms with Gasteiger partial charge in [-0.1, -0.05) is 48.9 Å². The van der Waals surface area contributed by atoms with Crippen molar-refractivity contribution >= 4 is 12.2 Å². The Hall–Kier alpha value is -2.82. The molecule has 1 aliphatic heterocycles. The topological polar surface area (TPSA) is 44.2 Å². The number of ether oxygens (including phenoxy) is 2. The molecule has 4 heteroatoms. The van der Waals surface area contributed by atoms with Gasteiger partial charge in [-0.3, -0.25) is 9.97 Å². The van der Waals surface area contributed by atoms with Crippen molar-refractivity contribution in [3.63, 3.8) is 0 Å². The maximum atomic E-state index is 6.29. The van der Waals surface area contributed by atoms with Crippen LogP contribution in [0.4, 0.5) is 0 Å². The van der Waals surface area contributed by atoms with Crippen molar-refractivity contribution in [3.8, 4) is 0 Å². The van der Waals surface area contributed by atoms with Crippen LogP contribution in [-0.4, -0.2) is 29.0 Å². The summed E-state index contributed by atoms with van der Waals surface area (Å²) in [5.74, 6) is 1.51. The van der Waals surface area contributed by atoms with E-state index >= 15 is 0 Å². The van der Waals surface area contributed by atoms with Crippen molar-refractivity contribution in [2.75, 3.05) is 13.2 Å². The van der Waals surface area contributed by atoms with Crippen LogP contribution in [0, 0.1) is 11.8 Å². The zero-order chi connectivity index (χ0) is 25.4. The van der Waals surface area contributed by atoms with Crippen molar-refractivity contribution in [3.05, 3.63) is 95.1 Å². The summed E-state index contributed by atoms with van der Waals surface area (Å²) >= 11 is 0. The molecule has 3 atom stereocenters. The van der Waals surface area contributed by atoms with Crippen LogP contribution in [0.3, 0.4) is 0 Å². The molecule has 196 valence electrons. The lowest BCUT2D eigenvalue weighted by atomic mass is 9.58. The van der Waals surface area contributed by atoms with E-state index in [0.29, 0.717) is 11.8 Å². The fraction of sp³-hybridized carbons (Fsp3) is 0.471. The average Bonchev–Trinajstić information content (AvgIpc) is 3.34. The highest BCUT2D eigenvalue weighted by Crippen LogP contribution is 2.58. The Kier molecular flexibility index (Phi) is 6.41. The van der Waals surface area contributed by atoms with E-state index in [4.69, 9.17) is 19.4 Å². The summed E-state index contributed by atoms with van der Waals surface area (Å²) in [4.78, 5) is 9.90. The standard InChI is InChI=1S/C34H38N2O2/c1-2-7-25(8-3-1)12-14-28-21-31-30(26-9-6-10-26)15-13-27-22-34(37-19-20-38-34)17-16-33(27,32(31)24-36-28)23-29-11-4-5-18-35-29/h1-5,7-8,11-12,14,18,21,24,26-27,30H,6,9-10,13,15-17,19-20,22-23H2. The van der Waals surface area contributed by atoms with Crippen LogP contribution in [0.2, 0.25) is 0 Å². The van der Waals surface area contributed by atoms with E-state index in [1.165, 1.54) is 48.9 Å². The predicted octanol–water partition coefficient (Wildman–Crippen LogP) is 7.35. The Morgan fingerprint density at radius 1 is 0.868 bits per heavy atom. The summed E-state index contributed by atoms with van der Waals surface area (Å²) in [6, 6.07) is 19.3. The molecule has 2 saturated carbocycles. The van der Waals surface area contributed by atoms with Gasteiger partial charge in [0.1, 0.15) is 0 Å². The summed E-state index contributed by atoms with van der Waals surface area (Å²) < 4.78 is 12.6. The van der Waals surface area contributed by atoms with Crippen molar-refractivity contribution in [2.45, 2.75) is 74.9 Å². The van der Waals surface area contributed by atoms with E-state index in [9.17, 15) is 0 Å². The quantitative estimate of drug-likeness (QED) is 0.363. The molecule has 0 N–H and O–H groups in total. The summed E-state index contributed by atoms with van der Waals surface area (Å²) in [7, 11) is 0. The minimum Gasteiger partial charge on any atom is -0.348 e. The Morgan fingerprint density at radius 3 is 2.47 bits per heavy atom. The van der Waals surface area contributed by atoms with Gasteiger partial charge in [0.15, 0.2) is 5.79 Å². The largest absolute Gasteiger partial charge is 0.348 e. The monoisotopic (exact) mass is 506 g/mol. The summed E-state index contributed by atoms with van der Waals surface area (Å²) in [6.07, 6.45) is 19.1. The second-order valence-electron chi connectivity index (χ2n) is 12.0. The second kappa shape index (κ2) is 10.1. The molecule has 3 aromatic rings. The molecule has 4 aliphatic rings. The van der Waals surface area contributed by atoms with E-state index in [-0.39, 0.29) is 11.2 Å². The maximum Gasteiger partial charge on any atom is 0.168 e. The molecule has 4 nitrogen and oxygen atoms in total. The molecule has 7 rings (SSSR count). The first kappa shape index (κ1) is 24.2. The lowest BCUT2D eigenvalue weighted by molar-refractivity contribution is -0.199. The number of rotatable bonds is 5. The van der Waals surface area contributed by atoms with Gasteiger partial charge in [0.25, 0.3) is 0 Å². The Balaban J connectivity index is 1.33. The summed E-state index contributed by atoms with van der Waals surface area (Å²) in [5, 5.41) is 0. The van der Waals surface area contributed by atoms with E-state index in [2.05, 4.69) is 66.9 Å². The Morgan fingerprint density at radius 2 is 1.71 bits per heavy atom. The number of aromatic nitrogens is 2. The average molecular weight is 507 g/mol. The lowest BCUT2D eigenvalue weighted by Gasteiger charge is -2.49. The fourth-order valence-electron chi connectivity index (χ4n) is 7.85. The zero-order valence-electron chi connectivity index (χ0n) is 22.2. The number of fused-ring (bicyclic) bond motifs is 3. The van der Waals surface area contributed by atoms with Gasteiger partial charge in [-0.25, -0.2) is 0 Å². The first-order valence-corrected chi connectivity index (χ1v) is 14.6. The molecule has 3 unspecified atom stereocenters. The van der Waals surface area contributed by atoms with Gasteiger partial charge in [0, 0.05) is 36.3 Å². The fourth-order valence-corrected chi connectivity index (χ4v) is 7.85. The number of hydrogen-bond donors (Lipinski definition) is 0. The summed E-state index contributed by atoms with van der Waals surface area (Å²) in [6.45, 7) is 1.44. The number of pyridine rings is 2. The maximum absolute atomic E-state index is 6.29. The Bertz CT molecular complexity index is 1280. The molecule has 3 fully saturated rings. The summed E-state index contributed by atoms with van der Waals surface area (Å²) in [5.41, 5.74) is 6.51. The molecule has 0 radical (unpaired) electrons. The number of hydrogen-bond acceptors (Lipinski definition) is 4. The lowest BCUT2D eigenvalue weighted by Crippen LogP contribution is -2.49. The minimum absolute atomic E-state index is 0.0113. The van der Waals surface area contributed by atoms with Gasteiger partial charge in [-0.15, -0.1) is 0 Å². The van der Waals surface area contributed by atoms with Crippen LogP contribution in [0.15, 0.2) is 67.0 Å².